The van der Waals surface area contributed by atoms with Crippen LogP contribution in [0.4, 0.5) is 0 Å². The number of piperidine rings is 1. The Bertz CT molecular complexity index is 897. The van der Waals surface area contributed by atoms with E-state index < -0.39 is 16.0 Å². The number of nitrogens with zero attached hydrogens (tertiary/aromatic N) is 3. The Balaban J connectivity index is 1.67. The zero-order chi connectivity index (χ0) is 19.6. The number of rotatable bonds is 5. The zero-order valence-corrected chi connectivity index (χ0v) is 16.4. The summed E-state index contributed by atoms with van der Waals surface area (Å²) >= 11 is 0. The number of esters is 1. The summed E-state index contributed by atoms with van der Waals surface area (Å²) in [4.78, 5) is 12.3. The Labute approximate surface area is 158 Å². The number of hydrogen-bond acceptors (Lipinski definition) is 7. The second-order valence-corrected chi connectivity index (χ2v) is 9.02. The Morgan fingerprint density at radius 2 is 1.81 bits per heavy atom. The van der Waals surface area contributed by atoms with Crippen LogP contribution in [0.1, 0.15) is 42.4 Å². The molecule has 1 aromatic heterocycles. The molecule has 2 atom stereocenters. The molecule has 3 rings (SSSR count). The van der Waals surface area contributed by atoms with E-state index in [0.717, 1.165) is 6.42 Å². The molecule has 0 amide bonds. The summed E-state index contributed by atoms with van der Waals surface area (Å²) < 4.78 is 37.5. The predicted octanol–water partition coefficient (Wildman–Crippen LogP) is 2.40. The summed E-state index contributed by atoms with van der Waals surface area (Å²) in [5.74, 6) is 0.651. The molecule has 0 bridgehead atoms. The lowest BCUT2D eigenvalue weighted by molar-refractivity contribution is 0.0436. The van der Waals surface area contributed by atoms with Gasteiger partial charge in [-0.25, -0.2) is 13.2 Å². The van der Waals surface area contributed by atoms with Gasteiger partial charge in [0.05, 0.1) is 10.5 Å². The second-order valence-electron chi connectivity index (χ2n) is 7.08. The van der Waals surface area contributed by atoms with E-state index >= 15 is 0 Å². The summed E-state index contributed by atoms with van der Waals surface area (Å²) in [7, 11) is -3.57. The Morgan fingerprint density at radius 3 is 2.37 bits per heavy atom. The normalized spacial score (nSPS) is 21.1. The predicted molar refractivity (Wildman–Crippen MR) is 96.3 cm³/mol. The summed E-state index contributed by atoms with van der Waals surface area (Å²) in [5, 5.41) is 7.39. The summed E-state index contributed by atoms with van der Waals surface area (Å²) in [6.45, 7) is 6.65. The third-order valence-electron chi connectivity index (χ3n) is 4.46. The van der Waals surface area contributed by atoms with Crippen molar-refractivity contribution >= 4 is 16.0 Å². The minimum Gasteiger partial charge on any atom is -0.452 e. The van der Waals surface area contributed by atoms with Gasteiger partial charge in [-0.1, -0.05) is 13.8 Å². The van der Waals surface area contributed by atoms with Crippen LogP contribution in [0.25, 0.3) is 0 Å². The van der Waals surface area contributed by atoms with Gasteiger partial charge in [-0.2, -0.15) is 4.31 Å². The fraction of sp³-hybridized carbons (Fsp3) is 0.500. The molecule has 2 unspecified atom stereocenters. The average Bonchev–Trinajstić information content (AvgIpc) is 3.04. The first-order valence-corrected chi connectivity index (χ1v) is 10.3. The van der Waals surface area contributed by atoms with Crippen LogP contribution in [0.2, 0.25) is 0 Å². The second kappa shape index (κ2) is 7.77. The van der Waals surface area contributed by atoms with E-state index in [9.17, 15) is 13.2 Å². The van der Waals surface area contributed by atoms with Crippen LogP contribution in [-0.2, 0) is 21.4 Å². The number of hydrogen-bond donors (Lipinski definition) is 0. The molecule has 1 aliphatic heterocycles. The molecule has 0 N–H and O–H groups in total. The number of aryl methyl sites for hydroxylation is 1. The van der Waals surface area contributed by atoms with Crippen molar-refractivity contribution in [3.05, 3.63) is 41.6 Å². The molecule has 1 aliphatic rings. The number of carbonyl (C=O) groups excluding carboxylic acids is 1. The van der Waals surface area contributed by atoms with Gasteiger partial charge in [0.25, 0.3) is 5.89 Å². The third kappa shape index (κ3) is 4.54. The fourth-order valence-corrected chi connectivity index (χ4v) is 5.00. The highest BCUT2D eigenvalue weighted by Gasteiger charge is 2.31. The molecule has 1 aromatic carbocycles. The smallest absolute Gasteiger partial charge is 0.338 e. The topological polar surface area (TPSA) is 103 Å². The van der Waals surface area contributed by atoms with Crippen LogP contribution in [0.5, 0.6) is 0 Å². The Hall–Kier alpha value is -2.26. The molecule has 8 nitrogen and oxygen atoms in total. The van der Waals surface area contributed by atoms with E-state index in [0.29, 0.717) is 30.8 Å². The number of benzene rings is 1. The highest BCUT2D eigenvalue weighted by atomic mass is 32.2. The van der Waals surface area contributed by atoms with Gasteiger partial charge in [0.2, 0.25) is 15.9 Å². The summed E-state index contributed by atoms with van der Waals surface area (Å²) in [5.41, 5.74) is 0.255. The molecule has 0 radical (unpaired) electrons. The molecule has 1 saturated heterocycles. The summed E-state index contributed by atoms with van der Waals surface area (Å²) in [6, 6.07) is 5.77. The van der Waals surface area contributed by atoms with Crippen molar-refractivity contribution < 1.29 is 22.4 Å². The molecule has 2 heterocycles. The number of ether oxygens (including phenoxy) is 1. The van der Waals surface area contributed by atoms with Crippen molar-refractivity contribution in [2.24, 2.45) is 11.8 Å². The molecular weight excluding hydrogens is 370 g/mol. The molecule has 0 spiro atoms. The highest BCUT2D eigenvalue weighted by molar-refractivity contribution is 7.89. The van der Waals surface area contributed by atoms with E-state index in [1.54, 1.807) is 6.92 Å². The van der Waals surface area contributed by atoms with Gasteiger partial charge in [0.15, 0.2) is 6.61 Å². The van der Waals surface area contributed by atoms with E-state index in [4.69, 9.17) is 9.15 Å². The van der Waals surface area contributed by atoms with Gasteiger partial charge in [-0.3, -0.25) is 0 Å². The van der Waals surface area contributed by atoms with Gasteiger partial charge < -0.3 is 9.15 Å². The first-order chi connectivity index (χ1) is 12.8. The molecule has 2 aromatic rings. The molecule has 27 heavy (non-hydrogen) atoms. The molecular formula is C18H23N3O5S. The van der Waals surface area contributed by atoms with Crippen LogP contribution >= 0.6 is 0 Å². The quantitative estimate of drug-likeness (QED) is 0.719. The van der Waals surface area contributed by atoms with Gasteiger partial charge >= 0.3 is 5.97 Å². The van der Waals surface area contributed by atoms with Gasteiger partial charge in [0.1, 0.15) is 0 Å². The first kappa shape index (κ1) is 19.5. The maximum Gasteiger partial charge on any atom is 0.338 e. The Morgan fingerprint density at radius 1 is 1.19 bits per heavy atom. The van der Waals surface area contributed by atoms with Crippen molar-refractivity contribution in [1.29, 1.82) is 0 Å². The average molecular weight is 393 g/mol. The minimum atomic E-state index is -3.57. The van der Waals surface area contributed by atoms with Crippen LogP contribution in [0.3, 0.4) is 0 Å². The molecule has 9 heteroatoms. The highest BCUT2D eigenvalue weighted by Crippen LogP contribution is 2.26. The SMILES string of the molecule is Cc1nnc(COC(=O)c2ccc(S(=O)(=O)N3CC(C)CC(C)C3)cc2)o1. The monoisotopic (exact) mass is 393 g/mol. The van der Waals surface area contributed by atoms with Crippen LogP contribution in [0.15, 0.2) is 33.6 Å². The van der Waals surface area contributed by atoms with Crippen molar-refractivity contribution in [3.8, 4) is 0 Å². The number of aromatic nitrogens is 2. The molecule has 1 fully saturated rings. The third-order valence-corrected chi connectivity index (χ3v) is 6.30. The maximum absolute atomic E-state index is 12.9. The minimum absolute atomic E-state index is 0.136. The van der Waals surface area contributed by atoms with Crippen molar-refractivity contribution in [2.45, 2.75) is 38.7 Å². The maximum atomic E-state index is 12.9. The van der Waals surface area contributed by atoms with E-state index in [1.165, 1.54) is 28.6 Å². The fourth-order valence-electron chi connectivity index (χ4n) is 3.32. The lowest BCUT2D eigenvalue weighted by atomic mass is 9.94. The van der Waals surface area contributed by atoms with E-state index in [1.807, 2.05) is 0 Å². The van der Waals surface area contributed by atoms with Crippen LogP contribution in [-0.4, -0.2) is 42.0 Å². The first-order valence-electron chi connectivity index (χ1n) is 8.82. The standard InChI is InChI=1S/C18H23N3O5S/c1-12-8-13(2)10-21(9-12)27(23,24)16-6-4-15(5-7-16)18(22)25-11-17-20-19-14(3)26-17/h4-7,12-13H,8-11H2,1-3H3. The van der Waals surface area contributed by atoms with E-state index in [-0.39, 0.29) is 23.0 Å². The van der Waals surface area contributed by atoms with Crippen molar-refractivity contribution in [1.82, 2.24) is 14.5 Å². The molecule has 0 aliphatic carbocycles. The van der Waals surface area contributed by atoms with Crippen molar-refractivity contribution in [3.63, 3.8) is 0 Å². The van der Waals surface area contributed by atoms with Crippen LogP contribution < -0.4 is 0 Å². The largest absolute Gasteiger partial charge is 0.452 e. The van der Waals surface area contributed by atoms with E-state index in [2.05, 4.69) is 24.0 Å². The number of carbonyl (C=O) groups is 1. The van der Waals surface area contributed by atoms with Gasteiger partial charge in [-0.15, -0.1) is 10.2 Å². The number of sulfonamides is 1. The zero-order valence-electron chi connectivity index (χ0n) is 15.6. The van der Waals surface area contributed by atoms with Crippen LogP contribution in [0, 0.1) is 18.8 Å². The molecule has 0 saturated carbocycles. The lowest BCUT2D eigenvalue weighted by Gasteiger charge is -2.34. The molecule has 146 valence electrons. The lowest BCUT2D eigenvalue weighted by Crippen LogP contribution is -2.42. The van der Waals surface area contributed by atoms with Gasteiger partial charge in [0, 0.05) is 20.0 Å². The Kier molecular flexibility index (Phi) is 5.61. The van der Waals surface area contributed by atoms with Gasteiger partial charge in [-0.05, 0) is 42.5 Å². The van der Waals surface area contributed by atoms with Crippen molar-refractivity contribution in [2.75, 3.05) is 13.1 Å². The summed E-state index contributed by atoms with van der Waals surface area (Å²) in [6.07, 6.45) is 1.02.